The molecule has 0 aromatic heterocycles. The molecule has 0 unspecified atom stereocenters. The first-order chi connectivity index (χ1) is 9.88. The molecule has 0 radical (unpaired) electrons. The number of carbonyl (C=O) groups is 1. The Bertz CT molecular complexity index is 739. The van der Waals surface area contributed by atoms with Gasteiger partial charge in [0.2, 0.25) is 0 Å². The molecule has 5 nitrogen and oxygen atoms in total. The second-order valence-corrected chi connectivity index (χ2v) is 5.65. The first-order valence-corrected chi connectivity index (χ1v) is 7.04. The number of hydrogen-bond acceptors (Lipinski definition) is 3. The molecule has 1 amide bonds. The standard InChI is InChI=1S/C13H7ClFIN2O3/c14-10-6-8(16)2-3-11(10)17-13(19)9-5-7(15)1-4-12(9)18(20)21/h1-6H,(H,17,19). The van der Waals surface area contributed by atoms with Gasteiger partial charge in [-0.15, -0.1) is 0 Å². The Morgan fingerprint density at radius 1 is 1.29 bits per heavy atom. The molecule has 0 saturated heterocycles. The van der Waals surface area contributed by atoms with Gasteiger partial charge in [-0.2, -0.15) is 0 Å². The number of hydrogen-bond donors (Lipinski definition) is 1. The summed E-state index contributed by atoms with van der Waals surface area (Å²) in [4.78, 5) is 22.2. The number of rotatable bonds is 3. The van der Waals surface area contributed by atoms with E-state index in [0.717, 1.165) is 21.8 Å². The highest BCUT2D eigenvalue weighted by Crippen LogP contribution is 2.26. The van der Waals surface area contributed by atoms with Gasteiger partial charge in [0.05, 0.1) is 15.6 Å². The highest BCUT2D eigenvalue weighted by atomic mass is 127. The van der Waals surface area contributed by atoms with Crippen LogP contribution in [0.3, 0.4) is 0 Å². The predicted octanol–water partition coefficient (Wildman–Crippen LogP) is 4.24. The van der Waals surface area contributed by atoms with E-state index in [9.17, 15) is 19.3 Å². The number of nitrogens with one attached hydrogen (secondary N) is 1. The minimum atomic E-state index is -0.802. The number of nitro groups is 1. The molecule has 0 atom stereocenters. The summed E-state index contributed by atoms with van der Waals surface area (Å²) in [6.07, 6.45) is 0. The molecule has 2 rings (SSSR count). The third-order valence-corrected chi connectivity index (χ3v) is 3.56. The van der Waals surface area contributed by atoms with Gasteiger partial charge in [0.15, 0.2) is 0 Å². The van der Waals surface area contributed by atoms with E-state index < -0.39 is 22.3 Å². The Balaban J connectivity index is 2.36. The van der Waals surface area contributed by atoms with E-state index >= 15 is 0 Å². The quantitative estimate of drug-likeness (QED) is 0.458. The first kappa shape index (κ1) is 15.6. The smallest absolute Gasteiger partial charge is 0.282 e. The normalized spacial score (nSPS) is 10.2. The van der Waals surface area contributed by atoms with Crippen LogP contribution in [-0.4, -0.2) is 10.8 Å². The summed E-state index contributed by atoms with van der Waals surface area (Å²) >= 11 is 8.02. The molecule has 0 aliphatic rings. The van der Waals surface area contributed by atoms with Crippen molar-refractivity contribution in [1.82, 2.24) is 0 Å². The maximum atomic E-state index is 13.2. The third kappa shape index (κ3) is 3.67. The van der Waals surface area contributed by atoms with Gasteiger partial charge in [0.25, 0.3) is 11.6 Å². The van der Waals surface area contributed by atoms with Crippen molar-refractivity contribution < 1.29 is 14.1 Å². The number of nitrogens with zero attached hydrogens (tertiary/aromatic N) is 1. The molecule has 108 valence electrons. The molecule has 0 heterocycles. The lowest BCUT2D eigenvalue weighted by Gasteiger charge is -2.08. The first-order valence-electron chi connectivity index (χ1n) is 5.59. The monoisotopic (exact) mass is 420 g/mol. The summed E-state index contributed by atoms with van der Waals surface area (Å²) < 4.78 is 14.1. The summed E-state index contributed by atoms with van der Waals surface area (Å²) in [5.41, 5.74) is -0.550. The van der Waals surface area contributed by atoms with Gasteiger partial charge in [0, 0.05) is 9.64 Å². The lowest BCUT2D eigenvalue weighted by Crippen LogP contribution is -2.14. The van der Waals surface area contributed by atoms with E-state index in [0.29, 0.717) is 5.69 Å². The van der Waals surface area contributed by atoms with Crippen LogP contribution < -0.4 is 5.32 Å². The Kier molecular flexibility index (Phi) is 4.73. The summed E-state index contributed by atoms with van der Waals surface area (Å²) in [6.45, 7) is 0. The van der Waals surface area contributed by atoms with Crippen molar-refractivity contribution in [2.75, 3.05) is 5.32 Å². The van der Waals surface area contributed by atoms with Gasteiger partial charge in [-0.1, -0.05) is 11.6 Å². The van der Waals surface area contributed by atoms with Crippen LogP contribution in [0.25, 0.3) is 0 Å². The van der Waals surface area contributed by atoms with E-state index in [2.05, 4.69) is 5.32 Å². The molecule has 21 heavy (non-hydrogen) atoms. The maximum Gasteiger partial charge on any atom is 0.282 e. The van der Waals surface area contributed by atoms with Crippen LogP contribution in [0.15, 0.2) is 36.4 Å². The van der Waals surface area contributed by atoms with Gasteiger partial charge >= 0.3 is 0 Å². The minimum absolute atomic E-state index is 0.286. The van der Waals surface area contributed by atoms with Crippen LogP contribution in [0.5, 0.6) is 0 Å². The van der Waals surface area contributed by atoms with Gasteiger partial charge < -0.3 is 5.32 Å². The number of benzene rings is 2. The number of carbonyl (C=O) groups excluding carboxylic acids is 1. The molecular formula is C13H7ClFIN2O3. The van der Waals surface area contributed by atoms with Crippen molar-refractivity contribution in [3.63, 3.8) is 0 Å². The Labute approximate surface area is 137 Å². The molecule has 2 aromatic rings. The van der Waals surface area contributed by atoms with Crippen LogP contribution in [0.4, 0.5) is 15.8 Å². The molecular weight excluding hydrogens is 414 g/mol. The largest absolute Gasteiger partial charge is 0.320 e. The van der Waals surface area contributed by atoms with Crippen molar-refractivity contribution >= 4 is 51.5 Å². The summed E-state index contributed by atoms with van der Waals surface area (Å²) in [5.74, 6) is -1.54. The van der Waals surface area contributed by atoms with Crippen molar-refractivity contribution in [3.8, 4) is 0 Å². The van der Waals surface area contributed by atoms with Crippen molar-refractivity contribution in [1.29, 1.82) is 0 Å². The van der Waals surface area contributed by atoms with Gasteiger partial charge in [-0.3, -0.25) is 14.9 Å². The zero-order valence-electron chi connectivity index (χ0n) is 10.3. The third-order valence-electron chi connectivity index (χ3n) is 2.58. The van der Waals surface area contributed by atoms with Crippen molar-refractivity contribution in [3.05, 3.63) is 66.5 Å². The number of anilines is 1. The predicted molar refractivity (Wildman–Crippen MR) is 85.2 cm³/mol. The lowest BCUT2D eigenvalue weighted by atomic mass is 10.1. The van der Waals surface area contributed by atoms with Crippen LogP contribution in [0.2, 0.25) is 5.02 Å². The number of amides is 1. The topological polar surface area (TPSA) is 72.2 Å². The van der Waals surface area contributed by atoms with Crippen molar-refractivity contribution in [2.24, 2.45) is 0 Å². The van der Waals surface area contributed by atoms with E-state index in [1.165, 1.54) is 0 Å². The minimum Gasteiger partial charge on any atom is -0.320 e. The van der Waals surface area contributed by atoms with E-state index in [-0.39, 0.29) is 10.6 Å². The second-order valence-electron chi connectivity index (χ2n) is 4.00. The van der Waals surface area contributed by atoms with E-state index in [1.54, 1.807) is 18.2 Å². The zero-order valence-corrected chi connectivity index (χ0v) is 13.2. The lowest BCUT2D eigenvalue weighted by molar-refractivity contribution is -0.385. The molecule has 2 aromatic carbocycles. The zero-order chi connectivity index (χ0) is 15.6. The van der Waals surface area contributed by atoms with E-state index in [4.69, 9.17) is 11.6 Å². The highest BCUT2D eigenvalue weighted by molar-refractivity contribution is 14.1. The van der Waals surface area contributed by atoms with Crippen molar-refractivity contribution in [2.45, 2.75) is 0 Å². The number of halogens is 3. The number of nitro benzene ring substituents is 1. The van der Waals surface area contributed by atoms with Gasteiger partial charge in [-0.05, 0) is 52.9 Å². The fraction of sp³-hybridized carbons (Fsp3) is 0. The van der Waals surface area contributed by atoms with Gasteiger partial charge in [-0.25, -0.2) is 4.39 Å². The van der Waals surface area contributed by atoms with Crippen LogP contribution >= 0.6 is 34.2 Å². The molecule has 1 N–H and O–H groups in total. The fourth-order valence-corrected chi connectivity index (χ4v) is 2.53. The average Bonchev–Trinajstić information content (AvgIpc) is 2.41. The maximum absolute atomic E-state index is 13.2. The second kappa shape index (κ2) is 6.35. The Morgan fingerprint density at radius 2 is 2.00 bits per heavy atom. The van der Waals surface area contributed by atoms with E-state index in [1.807, 2.05) is 22.6 Å². The molecule has 0 aliphatic carbocycles. The molecule has 0 spiro atoms. The van der Waals surface area contributed by atoms with Crippen LogP contribution in [0, 0.1) is 19.5 Å². The summed E-state index contributed by atoms with van der Waals surface area (Å²) in [7, 11) is 0. The van der Waals surface area contributed by atoms with Gasteiger partial charge in [0.1, 0.15) is 11.4 Å². The molecule has 0 fully saturated rings. The molecule has 0 bridgehead atoms. The fourth-order valence-electron chi connectivity index (χ4n) is 1.63. The highest BCUT2D eigenvalue weighted by Gasteiger charge is 2.21. The van der Waals surface area contributed by atoms with Crippen LogP contribution in [0.1, 0.15) is 10.4 Å². The SMILES string of the molecule is O=C(Nc1ccc(I)cc1Cl)c1cc(F)ccc1[N+](=O)[O-]. The molecule has 0 saturated carbocycles. The average molecular weight is 421 g/mol. The van der Waals surface area contributed by atoms with Crippen LogP contribution in [-0.2, 0) is 0 Å². The molecule has 0 aliphatic heterocycles. The Morgan fingerprint density at radius 3 is 2.62 bits per heavy atom. The molecule has 8 heteroatoms. The summed E-state index contributed by atoms with van der Waals surface area (Å²) in [6, 6.07) is 7.58. The summed E-state index contributed by atoms with van der Waals surface area (Å²) in [5, 5.41) is 13.6. The Hall–Kier alpha value is -1.74.